The molecule has 0 atom stereocenters. The van der Waals surface area contributed by atoms with E-state index in [1.807, 2.05) is 37.3 Å². The molecule has 2 nitrogen and oxygen atoms in total. The van der Waals surface area contributed by atoms with Gasteiger partial charge >= 0.3 is 0 Å². The number of hydrogen-bond acceptors (Lipinski definition) is 2. The second-order valence-corrected chi connectivity index (χ2v) is 3.36. The van der Waals surface area contributed by atoms with Crippen molar-refractivity contribution in [3.8, 4) is 0 Å². The summed E-state index contributed by atoms with van der Waals surface area (Å²) in [5.41, 5.74) is 1.09. The largest absolute Gasteiger partial charge is 0.346 e. The molecule has 1 heterocycles. The van der Waals surface area contributed by atoms with Gasteiger partial charge in [0.05, 0.1) is 13.2 Å². The van der Waals surface area contributed by atoms with Crippen LogP contribution in [0.3, 0.4) is 0 Å². The molecule has 0 aliphatic carbocycles. The van der Waals surface area contributed by atoms with Crippen LogP contribution in [0.25, 0.3) is 0 Å². The summed E-state index contributed by atoms with van der Waals surface area (Å²) in [7, 11) is 0. The van der Waals surface area contributed by atoms with Gasteiger partial charge < -0.3 is 9.47 Å². The first kappa shape index (κ1) is 8.73. The average Bonchev–Trinajstić information content (AvgIpc) is 2.20. The van der Waals surface area contributed by atoms with Gasteiger partial charge in [-0.05, 0) is 13.3 Å². The van der Waals surface area contributed by atoms with Crippen LogP contribution < -0.4 is 0 Å². The molecule has 0 unspecified atom stereocenters. The monoisotopic (exact) mass is 178 g/mol. The first-order chi connectivity index (χ1) is 6.31. The summed E-state index contributed by atoms with van der Waals surface area (Å²) in [5, 5.41) is 0. The predicted octanol–water partition coefficient (Wildman–Crippen LogP) is 2.30. The topological polar surface area (TPSA) is 18.5 Å². The van der Waals surface area contributed by atoms with E-state index in [0.29, 0.717) is 0 Å². The minimum absolute atomic E-state index is 0.528. The molecule has 2 heteroatoms. The van der Waals surface area contributed by atoms with Gasteiger partial charge in [-0.1, -0.05) is 30.3 Å². The number of benzene rings is 1. The summed E-state index contributed by atoms with van der Waals surface area (Å²) in [4.78, 5) is 0. The molecule has 0 radical (unpaired) electrons. The number of rotatable bonds is 1. The Bertz CT molecular complexity index is 263. The Morgan fingerprint density at radius 2 is 1.69 bits per heavy atom. The molecule has 1 saturated heterocycles. The fourth-order valence-electron chi connectivity index (χ4n) is 1.54. The Kier molecular flexibility index (Phi) is 2.34. The van der Waals surface area contributed by atoms with Crippen LogP contribution in [-0.2, 0) is 15.3 Å². The standard InChI is InChI=1S/C11H14O2/c1-11(12-8-5-9-13-11)10-6-3-2-4-7-10/h2-4,6-7H,5,8-9H2,1H3. The van der Waals surface area contributed by atoms with Gasteiger partial charge in [0.2, 0.25) is 0 Å². The predicted molar refractivity (Wildman–Crippen MR) is 50.3 cm³/mol. The van der Waals surface area contributed by atoms with Crippen molar-refractivity contribution in [1.82, 2.24) is 0 Å². The molecule has 1 aromatic rings. The third kappa shape index (κ3) is 1.74. The molecular weight excluding hydrogens is 164 g/mol. The molecule has 0 bridgehead atoms. The van der Waals surface area contributed by atoms with E-state index in [0.717, 1.165) is 25.2 Å². The minimum Gasteiger partial charge on any atom is -0.346 e. The zero-order valence-electron chi connectivity index (χ0n) is 7.82. The SMILES string of the molecule is CC1(c2ccccc2)OCCCO1. The Hall–Kier alpha value is -0.860. The zero-order valence-corrected chi connectivity index (χ0v) is 7.82. The lowest BCUT2D eigenvalue weighted by Gasteiger charge is -2.34. The molecule has 1 aliphatic rings. The first-order valence-electron chi connectivity index (χ1n) is 4.65. The molecule has 0 N–H and O–H groups in total. The maximum atomic E-state index is 5.63. The second kappa shape index (κ2) is 3.48. The van der Waals surface area contributed by atoms with Crippen molar-refractivity contribution in [3.05, 3.63) is 35.9 Å². The van der Waals surface area contributed by atoms with E-state index in [2.05, 4.69) is 0 Å². The van der Waals surface area contributed by atoms with E-state index >= 15 is 0 Å². The maximum absolute atomic E-state index is 5.63. The lowest BCUT2D eigenvalue weighted by atomic mass is 10.1. The highest BCUT2D eigenvalue weighted by Crippen LogP contribution is 2.29. The molecule has 2 rings (SSSR count). The van der Waals surface area contributed by atoms with E-state index in [-0.39, 0.29) is 0 Å². The minimum atomic E-state index is -0.528. The molecule has 1 aromatic carbocycles. The van der Waals surface area contributed by atoms with Crippen LogP contribution in [0, 0.1) is 0 Å². The van der Waals surface area contributed by atoms with Crippen molar-refractivity contribution in [2.75, 3.05) is 13.2 Å². The van der Waals surface area contributed by atoms with E-state index in [1.165, 1.54) is 0 Å². The van der Waals surface area contributed by atoms with E-state index in [1.54, 1.807) is 0 Å². The van der Waals surface area contributed by atoms with Gasteiger partial charge in [-0.25, -0.2) is 0 Å². The summed E-state index contributed by atoms with van der Waals surface area (Å²) in [6.45, 7) is 3.54. The molecule has 70 valence electrons. The first-order valence-corrected chi connectivity index (χ1v) is 4.65. The van der Waals surface area contributed by atoms with Gasteiger partial charge in [-0.2, -0.15) is 0 Å². The average molecular weight is 178 g/mol. The highest BCUT2D eigenvalue weighted by atomic mass is 16.7. The van der Waals surface area contributed by atoms with Crippen LogP contribution in [0.2, 0.25) is 0 Å². The summed E-state index contributed by atoms with van der Waals surface area (Å²) in [5.74, 6) is -0.528. The van der Waals surface area contributed by atoms with Gasteiger partial charge in [-0.15, -0.1) is 0 Å². The maximum Gasteiger partial charge on any atom is 0.191 e. The molecule has 13 heavy (non-hydrogen) atoms. The van der Waals surface area contributed by atoms with Crippen LogP contribution in [0.1, 0.15) is 18.9 Å². The Morgan fingerprint density at radius 1 is 1.08 bits per heavy atom. The summed E-state index contributed by atoms with van der Waals surface area (Å²) in [6.07, 6.45) is 0.989. The summed E-state index contributed by atoms with van der Waals surface area (Å²) < 4.78 is 11.3. The van der Waals surface area contributed by atoms with Crippen molar-refractivity contribution < 1.29 is 9.47 Å². The van der Waals surface area contributed by atoms with Crippen molar-refractivity contribution in [2.45, 2.75) is 19.1 Å². The number of hydrogen-bond donors (Lipinski definition) is 0. The third-order valence-corrected chi connectivity index (χ3v) is 2.34. The van der Waals surface area contributed by atoms with Gasteiger partial charge in [0.1, 0.15) is 0 Å². The van der Waals surface area contributed by atoms with Crippen molar-refractivity contribution in [1.29, 1.82) is 0 Å². The fourth-order valence-corrected chi connectivity index (χ4v) is 1.54. The second-order valence-electron chi connectivity index (χ2n) is 3.36. The molecular formula is C11H14O2. The van der Waals surface area contributed by atoms with Crippen LogP contribution in [0.5, 0.6) is 0 Å². The van der Waals surface area contributed by atoms with Crippen molar-refractivity contribution in [3.63, 3.8) is 0 Å². The van der Waals surface area contributed by atoms with Gasteiger partial charge in [0.25, 0.3) is 0 Å². The van der Waals surface area contributed by atoms with Gasteiger partial charge in [-0.3, -0.25) is 0 Å². The lowest BCUT2D eigenvalue weighted by Crippen LogP contribution is -2.34. The highest BCUT2D eigenvalue weighted by molar-refractivity contribution is 5.19. The summed E-state index contributed by atoms with van der Waals surface area (Å²) >= 11 is 0. The molecule has 1 aliphatic heterocycles. The Balaban J connectivity index is 2.23. The van der Waals surface area contributed by atoms with Gasteiger partial charge in [0, 0.05) is 5.56 Å². The van der Waals surface area contributed by atoms with Crippen LogP contribution in [0.4, 0.5) is 0 Å². The zero-order chi connectivity index (χ0) is 9.15. The Labute approximate surface area is 78.5 Å². The smallest absolute Gasteiger partial charge is 0.191 e. The molecule has 0 amide bonds. The fraction of sp³-hybridized carbons (Fsp3) is 0.455. The Morgan fingerprint density at radius 3 is 2.31 bits per heavy atom. The van der Waals surface area contributed by atoms with Crippen molar-refractivity contribution >= 4 is 0 Å². The molecule has 0 aromatic heterocycles. The van der Waals surface area contributed by atoms with E-state index < -0.39 is 5.79 Å². The quantitative estimate of drug-likeness (QED) is 0.657. The number of ether oxygens (including phenoxy) is 2. The van der Waals surface area contributed by atoms with Crippen LogP contribution >= 0.6 is 0 Å². The summed E-state index contributed by atoms with van der Waals surface area (Å²) in [6, 6.07) is 10.1. The van der Waals surface area contributed by atoms with Crippen LogP contribution in [-0.4, -0.2) is 13.2 Å². The van der Waals surface area contributed by atoms with Gasteiger partial charge in [0.15, 0.2) is 5.79 Å². The van der Waals surface area contributed by atoms with E-state index in [9.17, 15) is 0 Å². The van der Waals surface area contributed by atoms with E-state index in [4.69, 9.17) is 9.47 Å². The third-order valence-electron chi connectivity index (χ3n) is 2.34. The highest BCUT2D eigenvalue weighted by Gasteiger charge is 2.30. The van der Waals surface area contributed by atoms with Crippen molar-refractivity contribution in [2.24, 2.45) is 0 Å². The van der Waals surface area contributed by atoms with Crippen LogP contribution in [0.15, 0.2) is 30.3 Å². The molecule has 0 saturated carbocycles. The lowest BCUT2D eigenvalue weighted by molar-refractivity contribution is -0.264. The molecule has 0 spiro atoms. The molecule has 1 fully saturated rings. The normalized spacial score (nSPS) is 21.3.